The molecule has 0 heterocycles. The van der Waals surface area contributed by atoms with Crippen molar-refractivity contribution in [2.24, 2.45) is 0 Å². The third kappa shape index (κ3) is 3.27. The van der Waals surface area contributed by atoms with Crippen LogP contribution in [0.2, 0.25) is 0 Å². The molecule has 0 N–H and O–H groups in total. The van der Waals surface area contributed by atoms with Crippen LogP contribution in [0.5, 0.6) is 0 Å². The van der Waals surface area contributed by atoms with E-state index in [-0.39, 0.29) is 0 Å². The Morgan fingerprint density at radius 1 is 0.263 bits per heavy atom. The molecule has 0 fully saturated rings. The number of fused-ring (bicyclic) bond motifs is 10. The first-order valence-electron chi connectivity index (χ1n) is 13.0. The normalized spacial score (nSPS) is 11.5. The summed E-state index contributed by atoms with van der Waals surface area (Å²) in [5.74, 6) is 6.81. The maximum atomic E-state index is 3.41. The van der Waals surface area contributed by atoms with Crippen molar-refractivity contribution in [3.8, 4) is 11.8 Å². The summed E-state index contributed by atoms with van der Waals surface area (Å²) in [4.78, 5) is 0. The van der Waals surface area contributed by atoms with Crippen LogP contribution in [0.15, 0.2) is 133 Å². The van der Waals surface area contributed by atoms with Gasteiger partial charge in [-0.3, -0.25) is 0 Å². The summed E-state index contributed by atoms with van der Waals surface area (Å²) in [6, 6.07) is 48.2. The van der Waals surface area contributed by atoms with Crippen molar-refractivity contribution in [3.05, 3.63) is 145 Å². The summed E-state index contributed by atoms with van der Waals surface area (Å²) in [5, 5.41) is 15.3. The third-order valence-corrected chi connectivity index (χ3v) is 7.84. The van der Waals surface area contributed by atoms with Crippen LogP contribution in [-0.2, 0) is 0 Å². The molecule has 8 aromatic carbocycles. The van der Waals surface area contributed by atoms with Gasteiger partial charge in [0.1, 0.15) is 0 Å². The Morgan fingerprint density at radius 3 is 1.05 bits per heavy atom. The fourth-order valence-electron chi connectivity index (χ4n) is 5.96. The van der Waals surface area contributed by atoms with Crippen molar-refractivity contribution in [1.29, 1.82) is 0 Å². The molecule has 0 spiro atoms. The molecule has 0 bridgehead atoms. The SMILES string of the molecule is C(#Cc1ccc2c(ccc3c4ccccc4ccc23)c1)c1ccc2c(ccc3c4ccccc4ccc23)c1. The Labute approximate surface area is 220 Å². The molecule has 0 saturated heterocycles. The van der Waals surface area contributed by atoms with Crippen LogP contribution >= 0.6 is 0 Å². The van der Waals surface area contributed by atoms with Gasteiger partial charge in [-0.1, -0.05) is 121 Å². The van der Waals surface area contributed by atoms with Crippen molar-refractivity contribution in [2.45, 2.75) is 0 Å². The van der Waals surface area contributed by atoms with Crippen molar-refractivity contribution in [1.82, 2.24) is 0 Å². The highest BCUT2D eigenvalue weighted by Gasteiger charge is 2.06. The van der Waals surface area contributed by atoms with Gasteiger partial charge in [0.25, 0.3) is 0 Å². The second-order valence-corrected chi connectivity index (χ2v) is 10.0. The minimum atomic E-state index is 1.03. The third-order valence-electron chi connectivity index (χ3n) is 7.84. The number of benzene rings is 8. The molecule has 0 aliphatic rings. The summed E-state index contributed by atoms with van der Waals surface area (Å²) < 4.78 is 0. The molecule has 8 aromatic rings. The van der Waals surface area contributed by atoms with Crippen LogP contribution in [0.25, 0.3) is 64.6 Å². The van der Waals surface area contributed by atoms with Gasteiger partial charge in [0.2, 0.25) is 0 Å². The Morgan fingerprint density at radius 2 is 0.605 bits per heavy atom. The highest BCUT2D eigenvalue weighted by molar-refractivity contribution is 6.18. The Hall–Kier alpha value is -5.12. The predicted octanol–water partition coefficient (Wildman–Crippen LogP) is 10.0. The zero-order chi connectivity index (χ0) is 25.1. The second kappa shape index (κ2) is 8.20. The van der Waals surface area contributed by atoms with Crippen molar-refractivity contribution < 1.29 is 0 Å². The summed E-state index contributed by atoms with van der Waals surface area (Å²) in [7, 11) is 0. The molecule has 0 nitrogen and oxygen atoms in total. The van der Waals surface area contributed by atoms with E-state index in [1.807, 2.05) is 0 Å². The lowest BCUT2D eigenvalue weighted by Gasteiger charge is -2.08. The van der Waals surface area contributed by atoms with Gasteiger partial charge in [-0.05, 0) is 88.9 Å². The van der Waals surface area contributed by atoms with Crippen LogP contribution < -0.4 is 0 Å². The second-order valence-electron chi connectivity index (χ2n) is 10.0. The van der Waals surface area contributed by atoms with Crippen LogP contribution in [-0.4, -0.2) is 0 Å². The molecule has 174 valence electrons. The van der Waals surface area contributed by atoms with E-state index in [0.29, 0.717) is 0 Å². The lowest BCUT2D eigenvalue weighted by Crippen LogP contribution is -1.83. The van der Waals surface area contributed by atoms with Gasteiger partial charge in [0.15, 0.2) is 0 Å². The van der Waals surface area contributed by atoms with E-state index >= 15 is 0 Å². The average Bonchev–Trinajstić information content (AvgIpc) is 2.99. The van der Waals surface area contributed by atoms with Gasteiger partial charge < -0.3 is 0 Å². The van der Waals surface area contributed by atoms with E-state index in [9.17, 15) is 0 Å². The van der Waals surface area contributed by atoms with E-state index in [0.717, 1.165) is 11.1 Å². The van der Waals surface area contributed by atoms with Gasteiger partial charge in [-0.2, -0.15) is 0 Å². The Balaban J connectivity index is 1.19. The zero-order valence-electron chi connectivity index (χ0n) is 20.7. The first kappa shape index (κ1) is 21.0. The summed E-state index contributed by atoms with van der Waals surface area (Å²) in [6.07, 6.45) is 0. The molecule has 38 heavy (non-hydrogen) atoms. The Kier molecular flexibility index (Phi) is 4.54. The monoisotopic (exact) mass is 478 g/mol. The van der Waals surface area contributed by atoms with Gasteiger partial charge in [0.05, 0.1) is 0 Å². The van der Waals surface area contributed by atoms with Gasteiger partial charge in [-0.15, -0.1) is 0 Å². The molecule has 8 rings (SSSR count). The van der Waals surface area contributed by atoms with E-state index < -0.39 is 0 Å². The van der Waals surface area contributed by atoms with Crippen LogP contribution in [0.4, 0.5) is 0 Å². The van der Waals surface area contributed by atoms with Crippen LogP contribution in [0.1, 0.15) is 11.1 Å². The fourth-order valence-corrected chi connectivity index (χ4v) is 5.96. The standard InChI is InChI=1S/C38H22/c1-3-7-31-27(5-1)13-19-37-33-17-11-25(23-29(33)15-21-35(31)37)9-10-26-12-18-34-30(24-26)16-22-36-32-8-4-2-6-28(32)14-20-38(34)36/h1-8,11-24H. The first-order chi connectivity index (χ1) is 18.8. The lowest BCUT2D eigenvalue weighted by atomic mass is 9.96. The Bertz CT molecular complexity index is 2130. The molecular formula is C38H22. The summed E-state index contributed by atoms with van der Waals surface area (Å²) >= 11 is 0. The predicted molar refractivity (Wildman–Crippen MR) is 164 cm³/mol. The summed E-state index contributed by atoms with van der Waals surface area (Å²) in [5.41, 5.74) is 2.06. The van der Waals surface area contributed by atoms with E-state index in [2.05, 4.69) is 145 Å². The van der Waals surface area contributed by atoms with Gasteiger partial charge in [-0.25, -0.2) is 0 Å². The molecule has 0 saturated carbocycles. The average molecular weight is 479 g/mol. The van der Waals surface area contributed by atoms with Crippen LogP contribution in [0, 0.1) is 11.8 Å². The lowest BCUT2D eigenvalue weighted by molar-refractivity contribution is 1.69. The zero-order valence-corrected chi connectivity index (χ0v) is 20.7. The molecule has 0 unspecified atom stereocenters. The minimum absolute atomic E-state index is 1.03. The molecule has 0 atom stereocenters. The van der Waals surface area contributed by atoms with Crippen molar-refractivity contribution >= 4 is 64.6 Å². The highest BCUT2D eigenvalue weighted by atomic mass is 14.1. The molecule has 0 heteroatoms. The molecule has 0 aliphatic carbocycles. The molecular weight excluding hydrogens is 456 g/mol. The fraction of sp³-hybridized carbons (Fsp3) is 0. The van der Waals surface area contributed by atoms with Gasteiger partial charge in [0, 0.05) is 11.1 Å². The molecule has 0 aliphatic heterocycles. The highest BCUT2D eigenvalue weighted by Crippen LogP contribution is 2.33. The van der Waals surface area contributed by atoms with Crippen LogP contribution in [0.3, 0.4) is 0 Å². The maximum Gasteiger partial charge on any atom is 0.0255 e. The van der Waals surface area contributed by atoms with Crippen molar-refractivity contribution in [3.63, 3.8) is 0 Å². The summed E-state index contributed by atoms with van der Waals surface area (Å²) in [6.45, 7) is 0. The topological polar surface area (TPSA) is 0 Å². The maximum absolute atomic E-state index is 3.41. The number of hydrogen-bond donors (Lipinski definition) is 0. The van der Waals surface area contributed by atoms with Gasteiger partial charge >= 0.3 is 0 Å². The van der Waals surface area contributed by atoms with E-state index in [1.54, 1.807) is 0 Å². The van der Waals surface area contributed by atoms with Crippen molar-refractivity contribution in [2.75, 3.05) is 0 Å². The first-order valence-corrected chi connectivity index (χ1v) is 13.0. The molecule has 0 aromatic heterocycles. The van der Waals surface area contributed by atoms with E-state index in [4.69, 9.17) is 0 Å². The molecule has 0 radical (unpaired) electrons. The largest absolute Gasteiger partial charge is 0.0616 e. The smallest absolute Gasteiger partial charge is 0.0255 e. The molecule has 0 amide bonds. The number of rotatable bonds is 0. The number of hydrogen-bond acceptors (Lipinski definition) is 0. The quantitative estimate of drug-likeness (QED) is 0.150. The van der Waals surface area contributed by atoms with E-state index in [1.165, 1.54) is 64.6 Å². The minimum Gasteiger partial charge on any atom is -0.0616 e.